The van der Waals surface area contributed by atoms with E-state index < -0.39 is 29.9 Å². The summed E-state index contributed by atoms with van der Waals surface area (Å²) < 4.78 is 30.5. The first-order chi connectivity index (χ1) is 8.51. The van der Waals surface area contributed by atoms with Crippen LogP contribution in [-0.4, -0.2) is 17.6 Å². The molecule has 0 aromatic carbocycles. The second-order valence-electron chi connectivity index (χ2n) is 3.45. The standard InChI is InChI=1S/C11H12ClF2NO3/c1-2-18-8(16)3-7-9(10(13)14)6(4-12)5-15-11(7)17/h5,10H,2-4H2,1H3,(H,15,17). The molecule has 0 amide bonds. The van der Waals surface area contributed by atoms with Gasteiger partial charge in [-0.15, -0.1) is 11.6 Å². The Balaban J connectivity index is 3.23. The fourth-order valence-corrected chi connectivity index (χ4v) is 1.77. The largest absolute Gasteiger partial charge is 0.466 e. The zero-order chi connectivity index (χ0) is 13.7. The van der Waals surface area contributed by atoms with Crippen molar-refractivity contribution in [1.82, 2.24) is 4.98 Å². The van der Waals surface area contributed by atoms with Crippen LogP contribution < -0.4 is 5.56 Å². The van der Waals surface area contributed by atoms with Crippen LogP contribution in [0.15, 0.2) is 11.0 Å². The number of carbonyl (C=O) groups excluding carboxylic acids is 1. The quantitative estimate of drug-likeness (QED) is 0.664. The number of carbonyl (C=O) groups is 1. The van der Waals surface area contributed by atoms with Gasteiger partial charge in [-0.3, -0.25) is 9.59 Å². The van der Waals surface area contributed by atoms with Gasteiger partial charge in [0.2, 0.25) is 0 Å². The van der Waals surface area contributed by atoms with Crippen molar-refractivity contribution in [3.05, 3.63) is 33.2 Å². The first kappa shape index (κ1) is 14.6. The SMILES string of the molecule is CCOC(=O)Cc1c(C(F)F)c(CCl)c[nH]c1=O. The van der Waals surface area contributed by atoms with Crippen LogP contribution >= 0.6 is 11.6 Å². The third-order valence-electron chi connectivity index (χ3n) is 2.31. The number of hydrogen-bond donors (Lipinski definition) is 1. The number of esters is 1. The van der Waals surface area contributed by atoms with Gasteiger partial charge in [0.25, 0.3) is 12.0 Å². The number of aromatic amines is 1. The highest BCUT2D eigenvalue weighted by molar-refractivity contribution is 6.17. The lowest BCUT2D eigenvalue weighted by molar-refractivity contribution is -0.142. The summed E-state index contributed by atoms with van der Waals surface area (Å²) in [6.45, 7) is 1.71. The van der Waals surface area contributed by atoms with E-state index in [4.69, 9.17) is 11.6 Å². The molecular formula is C11H12ClF2NO3. The Kier molecular flexibility index (Phi) is 5.27. The lowest BCUT2D eigenvalue weighted by Crippen LogP contribution is -2.22. The predicted molar refractivity (Wildman–Crippen MR) is 61.9 cm³/mol. The van der Waals surface area contributed by atoms with Crippen molar-refractivity contribution in [1.29, 1.82) is 0 Å². The molecule has 0 saturated carbocycles. The molecule has 0 unspecified atom stereocenters. The van der Waals surface area contributed by atoms with Crippen LogP contribution in [0.4, 0.5) is 8.78 Å². The van der Waals surface area contributed by atoms with Gasteiger partial charge in [0.1, 0.15) is 0 Å². The number of ether oxygens (including phenoxy) is 1. The van der Waals surface area contributed by atoms with E-state index in [9.17, 15) is 18.4 Å². The van der Waals surface area contributed by atoms with Gasteiger partial charge >= 0.3 is 5.97 Å². The molecule has 0 spiro atoms. The normalized spacial score (nSPS) is 10.7. The predicted octanol–water partition coefficient (Wildman–Crippen LogP) is 2.16. The molecule has 7 heteroatoms. The topological polar surface area (TPSA) is 59.2 Å². The van der Waals surface area contributed by atoms with Gasteiger partial charge in [0.15, 0.2) is 0 Å². The lowest BCUT2D eigenvalue weighted by Gasteiger charge is -2.11. The molecule has 0 bridgehead atoms. The molecule has 0 aliphatic carbocycles. The number of rotatable bonds is 5. The minimum absolute atomic E-state index is 0.102. The third kappa shape index (κ3) is 3.29. The molecule has 0 atom stereocenters. The first-order valence-corrected chi connectivity index (χ1v) is 5.77. The summed E-state index contributed by atoms with van der Waals surface area (Å²) in [6.07, 6.45) is -2.23. The highest BCUT2D eigenvalue weighted by Gasteiger charge is 2.22. The Hall–Kier alpha value is -1.43. The van der Waals surface area contributed by atoms with Gasteiger partial charge in [-0.2, -0.15) is 0 Å². The minimum atomic E-state index is -2.87. The summed E-state index contributed by atoms with van der Waals surface area (Å²) in [5, 5.41) is 0. The maximum absolute atomic E-state index is 12.9. The maximum Gasteiger partial charge on any atom is 0.310 e. The van der Waals surface area contributed by atoms with E-state index in [1.54, 1.807) is 6.92 Å². The molecule has 0 saturated heterocycles. The molecular weight excluding hydrogens is 268 g/mol. The van der Waals surface area contributed by atoms with Crippen molar-refractivity contribution in [2.45, 2.75) is 25.7 Å². The first-order valence-electron chi connectivity index (χ1n) is 5.24. The molecule has 0 radical (unpaired) electrons. The minimum Gasteiger partial charge on any atom is -0.466 e. The Bertz CT molecular complexity index is 488. The molecule has 18 heavy (non-hydrogen) atoms. The molecule has 1 heterocycles. The van der Waals surface area contributed by atoms with Crippen molar-refractivity contribution in [2.24, 2.45) is 0 Å². The second kappa shape index (κ2) is 6.49. The van der Waals surface area contributed by atoms with E-state index in [-0.39, 0.29) is 23.6 Å². The van der Waals surface area contributed by atoms with Gasteiger partial charge in [-0.25, -0.2) is 8.78 Å². The Morgan fingerprint density at radius 1 is 1.56 bits per heavy atom. The van der Waals surface area contributed by atoms with E-state index in [0.29, 0.717) is 0 Å². The van der Waals surface area contributed by atoms with Crippen LogP contribution in [-0.2, 0) is 21.8 Å². The van der Waals surface area contributed by atoms with Gasteiger partial charge in [0, 0.05) is 23.2 Å². The van der Waals surface area contributed by atoms with Crippen LogP contribution in [0, 0.1) is 0 Å². The van der Waals surface area contributed by atoms with Gasteiger partial charge in [0.05, 0.1) is 13.0 Å². The Labute approximate surface area is 107 Å². The summed E-state index contributed by atoms with van der Waals surface area (Å²) in [4.78, 5) is 25.1. The van der Waals surface area contributed by atoms with E-state index in [2.05, 4.69) is 9.72 Å². The molecule has 0 aliphatic heterocycles. The molecule has 4 nitrogen and oxygen atoms in total. The Morgan fingerprint density at radius 2 is 2.22 bits per heavy atom. The zero-order valence-electron chi connectivity index (χ0n) is 9.63. The number of alkyl halides is 3. The molecule has 100 valence electrons. The Morgan fingerprint density at radius 3 is 2.72 bits per heavy atom. The lowest BCUT2D eigenvalue weighted by atomic mass is 10.0. The number of hydrogen-bond acceptors (Lipinski definition) is 3. The van der Waals surface area contributed by atoms with E-state index >= 15 is 0 Å². The highest BCUT2D eigenvalue weighted by atomic mass is 35.5. The van der Waals surface area contributed by atoms with Gasteiger partial charge in [-0.1, -0.05) is 0 Å². The smallest absolute Gasteiger partial charge is 0.310 e. The second-order valence-corrected chi connectivity index (χ2v) is 3.72. The summed E-state index contributed by atoms with van der Waals surface area (Å²) in [5.41, 5.74) is -1.40. The summed E-state index contributed by atoms with van der Waals surface area (Å²) in [5.74, 6) is -0.900. The average Bonchev–Trinajstić information content (AvgIpc) is 2.31. The van der Waals surface area contributed by atoms with E-state index in [1.165, 1.54) is 0 Å². The molecule has 1 N–H and O–H groups in total. The summed E-state index contributed by atoms with van der Waals surface area (Å²) >= 11 is 5.53. The summed E-state index contributed by atoms with van der Waals surface area (Å²) in [7, 11) is 0. The third-order valence-corrected chi connectivity index (χ3v) is 2.60. The monoisotopic (exact) mass is 279 g/mol. The van der Waals surface area contributed by atoms with Gasteiger partial charge in [-0.05, 0) is 12.5 Å². The van der Waals surface area contributed by atoms with Crippen LogP contribution in [0.1, 0.15) is 30.0 Å². The summed E-state index contributed by atoms with van der Waals surface area (Å²) in [6, 6.07) is 0. The number of H-pyrrole nitrogens is 1. The highest BCUT2D eigenvalue weighted by Crippen LogP contribution is 2.26. The van der Waals surface area contributed by atoms with Crippen molar-refractivity contribution in [3.8, 4) is 0 Å². The van der Waals surface area contributed by atoms with Crippen LogP contribution in [0.3, 0.4) is 0 Å². The number of halogens is 3. The average molecular weight is 280 g/mol. The van der Waals surface area contributed by atoms with Crippen LogP contribution in [0.25, 0.3) is 0 Å². The molecule has 1 aromatic rings. The molecule has 0 fully saturated rings. The molecule has 1 aromatic heterocycles. The molecule has 1 rings (SSSR count). The molecule has 0 aliphatic rings. The number of pyridine rings is 1. The fraction of sp³-hybridized carbons (Fsp3) is 0.455. The van der Waals surface area contributed by atoms with E-state index in [1.807, 2.05) is 0 Å². The van der Waals surface area contributed by atoms with E-state index in [0.717, 1.165) is 6.20 Å². The fourth-order valence-electron chi connectivity index (χ4n) is 1.55. The van der Waals surface area contributed by atoms with Crippen LogP contribution in [0.2, 0.25) is 0 Å². The van der Waals surface area contributed by atoms with Crippen molar-refractivity contribution >= 4 is 17.6 Å². The van der Waals surface area contributed by atoms with Crippen molar-refractivity contribution in [2.75, 3.05) is 6.61 Å². The number of nitrogens with one attached hydrogen (secondary N) is 1. The number of aromatic nitrogens is 1. The van der Waals surface area contributed by atoms with Gasteiger partial charge < -0.3 is 9.72 Å². The van der Waals surface area contributed by atoms with Crippen LogP contribution in [0.5, 0.6) is 0 Å². The maximum atomic E-state index is 12.9. The van der Waals surface area contributed by atoms with Crippen molar-refractivity contribution < 1.29 is 18.3 Å². The van der Waals surface area contributed by atoms with Crippen molar-refractivity contribution in [3.63, 3.8) is 0 Å². The zero-order valence-corrected chi connectivity index (χ0v) is 10.4.